The molecule has 152 valence electrons. The maximum absolute atomic E-state index is 13.1. The van der Waals surface area contributed by atoms with Crippen molar-refractivity contribution in [3.63, 3.8) is 0 Å². The van der Waals surface area contributed by atoms with E-state index in [1.54, 1.807) is 47.8 Å². The molecule has 0 bridgehead atoms. The van der Waals surface area contributed by atoms with E-state index in [0.29, 0.717) is 17.1 Å². The fourth-order valence-corrected chi connectivity index (χ4v) is 5.52. The lowest BCUT2D eigenvalue weighted by Gasteiger charge is -2.17. The highest BCUT2D eigenvalue weighted by Gasteiger charge is 2.31. The predicted molar refractivity (Wildman–Crippen MR) is 109 cm³/mol. The van der Waals surface area contributed by atoms with Crippen LogP contribution in [0, 0.1) is 0 Å². The van der Waals surface area contributed by atoms with Gasteiger partial charge >= 0.3 is 11.8 Å². The van der Waals surface area contributed by atoms with Crippen LogP contribution in [0.2, 0.25) is 0 Å². The van der Waals surface area contributed by atoms with Gasteiger partial charge in [-0.05, 0) is 35.7 Å². The summed E-state index contributed by atoms with van der Waals surface area (Å²) in [6.07, 6.45) is 1.98. The van der Waals surface area contributed by atoms with Crippen LogP contribution in [-0.4, -0.2) is 33.3 Å². The van der Waals surface area contributed by atoms with Crippen molar-refractivity contribution in [1.29, 1.82) is 0 Å². The summed E-state index contributed by atoms with van der Waals surface area (Å²) < 4.78 is 31.3. The van der Waals surface area contributed by atoms with E-state index in [1.165, 1.54) is 29.7 Å². The minimum atomic E-state index is -3.74. The molecule has 1 aromatic carbocycles. The monoisotopic (exact) mass is 432 g/mol. The fraction of sp³-hybridized carbons (Fsp3) is 0.200. The van der Waals surface area contributed by atoms with Crippen molar-refractivity contribution in [3.05, 3.63) is 76.9 Å². The molecule has 0 spiro atoms. The van der Waals surface area contributed by atoms with Crippen LogP contribution in [-0.2, 0) is 25.8 Å². The van der Waals surface area contributed by atoms with Gasteiger partial charge in [0.05, 0.1) is 11.2 Å². The standard InChI is InChI=1S/C20H20N2O5S2/c23-19(21-11-10-15-6-4-12-27-15)20(24)22-14-18(17-9-5-13-28-17)29(25,26)16-7-2-1-3-8-16/h1-9,12-13,18H,10-11,14H2,(H,21,23)(H,22,24)/t18-/m1/s1. The van der Waals surface area contributed by atoms with Crippen molar-refractivity contribution in [2.24, 2.45) is 0 Å². The number of thiophene rings is 1. The van der Waals surface area contributed by atoms with Crippen molar-refractivity contribution < 1.29 is 22.4 Å². The lowest BCUT2D eigenvalue weighted by atomic mass is 10.3. The molecule has 0 aliphatic heterocycles. The number of benzene rings is 1. The van der Waals surface area contributed by atoms with Gasteiger partial charge in [-0.15, -0.1) is 11.3 Å². The molecule has 3 aromatic rings. The lowest BCUT2D eigenvalue weighted by molar-refractivity contribution is -0.139. The molecule has 0 radical (unpaired) electrons. The number of furan rings is 1. The molecule has 0 saturated heterocycles. The third kappa shape index (κ3) is 5.33. The first-order valence-corrected chi connectivity index (χ1v) is 11.3. The number of hydrogen-bond donors (Lipinski definition) is 2. The molecule has 9 heteroatoms. The Hall–Kier alpha value is -2.91. The molecular formula is C20H20N2O5S2. The van der Waals surface area contributed by atoms with E-state index in [-0.39, 0.29) is 18.0 Å². The average Bonchev–Trinajstić information content (AvgIpc) is 3.43. The molecular weight excluding hydrogens is 412 g/mol. The fourth-order valence-electron chi connectivity index (χ4n) is 2.71. The van der Waals surface area contributed by atoms with Gasteiger partial charge < -0.3 is 15.1 Å². The topological polar surface area (TPSA) is 105 Å². The number of carbonyl (C=O) groups excluding carboxylic acids is 2. The Kier molecular flexibility index (Phi) is 6.84. The zero-order chi connectivity index (χ0) is 20.7. The quantitative estimate of drug-likeness (QED) is 0.532. The highest BCUT2D eigenvalue weighted by atomic mass is 32.2. The zero-order valence-corrected chi connectivity index (χ0v) is 17.0. The Labute approximate surface area is 172 Å². The molecule has 2 aromatic heterocycles. The molecule has 0 unspecified atom stereocenters. The zero-order valence-electron chi connectivity index (χ0n) is 15.4. The van der Waals surface area contributed by atoms with Gasteiger partial charge in [0.1, 0.15) is 11.0 Å². The van der Waals surface area contributed by atoms with Gasteiger partial charge in [-0.1, -0.05) is 24.3 Å². The van der Waals surface area contributed by atoms with Crippen molar-refractivity contribution in [2.45, 2.75) is 16.6 Å². The van der Waals surface area contributed by atoms with Gasteiger partial charge in [-0.2, -0.15) is 0 Å². The van der Waals surface area contributed by atoms with E-state index in [1.807, 2.05) is 0 Å². The average molecular weight is 433 g/mol. The largest absolute Gasteiger partial charge is 0.469 e. The second kappa shape index (κ2) is 9.53. The summed E-state index contributed by atoms with van der Waals surface area (Å²) in [5.41, 5.74) is 0. The first kappa shape index (κ1) is 20.8. The molecule has 0 fully saturated rings. The van der Waals surface area contributed by atoms with Gasteiger partial charge in [0.2, 0.25) is 0 Å². The van der Waals surface area contributed by atoms with Gasteiger partial charge in [-0.25, -0.2) is 8.42 Å². The predicted octanol–water partition coefficient (Wildman–Crippen LogP) is 2.33. The van der Waals surface area contributed by atoms with E-state index >= 15 is 0 Å². The van der Waals surface area contributed by atoms with Crippen LogP contribution < -0.4 is 10.6 Å². The van der Waals surface area contributed by atoms with Crippen molar-refractivity contribution in [2.75, 3.05) is 13.1 Å². The van der Waals surface area contributed by atoms with Gasteiger partial charge in [0.15, 0.2) is 9.84 Å². The highest BCUT2D eigenvalue weighted by molar-refractivity contribution is 7.91. The van der Waals surface area contributed by atoms with E-state index in [0.717, 1.165) is 0 Å². The second-order valence-electron chi connectivity index (χ2n) is 6.16. The minimum absolute atomic E-state index is 0.163. The SMILES string of the molecule is O=C(NCCc1ccco1)C(=O)NC[C@H](c1cccs1)S(=O)(=O)c1ccccc1. The number of rotatable bonds is 8. The van der Waals surface area contributed by atoms with Gasteiger partial charge in [-0.3, -0.25) is 9.59 Å². The molecule has 2 amide bonds. The molecule has 0 aliphatic carbocycles. The molecule has 1 atom stereocenters. The second-order valence-corrected chi connectivity index (χ2v) is 9.27. The Morgan fingerprint density at radius 1 is 0.966 bits per heavy atom. The smallest absolute Gasteiger partial charge is 0.309 e. The highest BCUT2D eigenvalue weighted by Crippen LogP contribution is 2.31. The Bertz CT molecular complexity index is 1030. The third-order valence-electron chi connectivity index (χ3n) is 4.20. The first-order chi connectivity index (χ1) is 14.0. The Morgan fingerprint density at radius 3 is 2.38 bits per heavy atom. The molecule has 3 rings (SSSR count). The van der Waals surface area contributed by atoms with E-state index < -0.39 is 26.9 Å². The van der Waals surface area contributed by atoms with Gasteiger partial charge in [0.25, 0.3) is 0 Å². The number of sulfone groups is 1. The van der Waals surface area contributed by atoms with Crippen LogP contribution >= 0.6 is 11.3 Å². The van der Waals surface area contributed by atoms with E-state index in [4.69, 9.17) is 4.42 Å². The third-order valence-corrected chi connectivity index (χ3v) is 7.43. The molecule has 7 nitrogen and oxygen atoms in total. The summed E-state index contributed by atoms with van der Waals surface area (Å²) in [4.78, 5) is 24.9. The van der Waals surface area contributed by atoms with Crippen molar-refractivity contribution in [1.82, 2.24) is 10.6 Å². The Balaban J connectivity index is 1.63. The minimum Gasteiger partial charge on any atom is -0.469 e. The molecule has 29 heavy (non-hydrogen) atoms. The molecule has 0 saturated carbocycles. The molecule has 2 N–H and O–H groups in total. The van der Waals surface area contributed by atoms with Crippen LogP contribution in [0.5, 0.6) is 0 Å². The number of carbonyl (C=O) groups is 2. The Morgan fingerprint density at radius 2 is 1.72 bits per heavy atom. The molecule has 2 heterocycles. The van der Waals surface area contributed by atoms with Crippen LogP contribution in [0.4, 0.5) is 0 Å². The summed E-state index contributed by atoms with van der Waals surface area (Å²) in [6, 6.07) is 15.0. The van der Waals surface area contributed by atoms with Crippen molar-refractivity contribution >= 4 is 33.0 Å². The maximum atomic E-state index is 13.1. The van der Waals surface area contributed by atoms with Crippen LogP contribution in [0.15, 0.2) is 75.6 Å². The summed E-state index contributed by atoms with van der Waals surface area (Å²) >= 11 is 1.28. The summed E-state index contributed by atoms with van der Waals surface area (Å²) in [5, 5.41) is 5.72. The lowest BCUT2D eigenvalue weighted by Crippen LogP contribution is -2.42. The van der Waals surface area contributed by atoms with E-state index in [9.17, 15) is 18.0 Å². The number of amides is 2. The maximum Gasteiger partial charge on any atom is 0.309 e. The van der Waals surface area contributed by atoms with Crippen LogP contribution in [0.25, 0.3) is 0 Å². The summed E-state index contributed by atoms with van der Waals surface area (Å²) in [7, 11) is -3.74. The van der Waals surface area contributed by atoms with Crippen LogP contribution in [0.3, 0.4) is 0 Å². The molecule has 0 aliphatic rings. The first-order valence-electron chi connectivity index (χ1n) is 8.89. The normalized spacial score (nSPS) is 12.3. The number of nitrogens with one attached hydrogen (secondary N) is 2. The van der Waals surface area contributed by atoms with Crippen LogP contribution in [0.1, 0.15) is 15.9 Å². The summed E-state index contributed by atoms with van der Waals surface area (Å²) in [5.74, 6) is -1.01. The number of hydrogen-bond acceptors (Lipinski definition) is 6. The van der Waals surface area contributed by atoms with E-state index in [2.05, 4.69) is 10.6 Å². The summed E-state index contributed by atoms with van der Waals surface area (Å²) in [6.45, 7) is 0.0264. The van der Waals surface area contributed by atoms with Crippen molar-refractivity contribution in [3.8, 4) is 0 Å². The van der Waals surface area contributed by atoms with Gasteiger partial charge in [0, 0.05) is 24.4 Å².